The van der Waals surface area contributed by atoms with Gasteiger partial charge >= 0.3 is 5.97 Å². The van der Waals surface area contributed by atoms with Gasteiger partial charge in [-0.15, -0.1) is 0 Å². The third-order valence-electron chi connectivity index (χ3n) is 2.87. The van der Waals surface area contributed by atoms with Crippen LogP contribution in [-0.2, 0) is 11.2 Å². The highest BCUT2D eigenvalue weighted by molar-refractivity contribution is 5.81. The number of rotatable bonds is 4. The zero-order valence-electron chi connectivity index (χ0n) is 10.6. The molecule has 4 heteroatoms. The quantitative estimate of drug-likeness (QED) is 0.826. The van der Waals surface area contributed by atoms with Crippen LogP contribution < -0.4 is 10.5 Å². The highest BCUT2D eigenvalue weighted by atomic mass is 16.5. The maximum absolute atomic E-state index is 10.7. The first-order valence-corrected chi connectivity index (χ1v) is 5.85. The lowest BCUT2D eigenvalue weighted by atomic mass is 10.00. The molecule has 0 aliphatic heterocycles. The molecule has 4 nitrogen and oxygen atoms in total. The molecule has 0 atom stereocenters. The van der Waals surface area contributed by atoms with Crippen molar-refractivity contribution in [1.29, 1.82) is 0 Å². The third-order valence-corrected chi connectivity index (χ3v) is 2.87. The van der Waals surface area contributed by atoms with Gasteiger partial charge in [-0.2, -0.15) is 0 Å². The van der Waals surface area contributed by atoms with E-state index in [0.29, 0.717) is 11.3 Å². The second-order valence-electron chi connectivity index (χ2n) is 4.19. The summed E-state index contributed by atoms with van der Waals surface area (Å²) in [7, 11) is 1.60. The summed E-state index contributed by atoms with van der Waals surface area (Å²) in [6.45, 7) is 0. The Kier molecular flexibility index (Phi) is 3.71. The summed E-state index contributed by atoms with van der Waals surface area (Å²) in [5.41, 5.74) is 8.97. The normalized spacial score (nSPS) is 10.2. The number of para-hydroxylation sites is 1. The largest absolute Gasteiger partial charge is 0.496 e. The molecule has 0 aliphatic rings. The zero-order valence-corrected chi connectivity index (χ0v) is 10.6. The van der Waals surface area contributed by atoms with E-state index in [-0.39, 0.29) is 6.42 Å². The van der Waals surface area contributed by atoms with Crippen molar-refractivity contribution in [2.45, 2.75) is 6.42 Å². The fourth-order valence-corrected chi connectivity index (χ4v) is 2.01. The molecule has 98 valence electrons. The Hall–Kier alpha value is -2.49. The van der Waals surface area contributed by atoms with Crippen molar-refractivity contribution in [2.75, 3.05) is 12.8 Å². The summed E-state index contributed by atoms with van der Waals surface area (Å²) in [4.78, 5) is 10.7. The number of carboxylic acids is 1. The SMILES string of the molecule is COc1ccccc1-c1ccc(CC(=O)O)cc1N. The Balaban J connectivity index is 2.43. The summed E-state index contributed by atoms with van der Waals surface area (Å²) in [5.74, 6) is -0.135. The van der Waals surface area contributed by atoms with E-state index in [0.717, 1.165) is 16.9 Å². The molecule has 0 saturated carbocycles. The second kappa shape index (κ2) is 5.44. The molecule has 0 heterocycles. The minimum absolute atomic E-state index is 0.0313. The van der Waals surface area contributed by atoms with Gasteiger partial charge in [-0.05, 0) is 17.7 Å². The van der Waals surface area contributed by atoms with E-state index in [1.165, 1.54) is 0 Å². The fourth-order valence-electron chi connectivity index (χ4n) is 2.01. The number of benzene rings is 2. The Labute approximate surface area is 111 Å². The smallest absolute Gasteiger partial charge is 0.307 e. The number of carbonyl (C=O) groups is 1. The molecule has 0 saturated heterocycles. The maximum Gasteiger partial charge on any atom is 0.307 e. The molecule has 0 aromatic heterocycles. The van der Waals surface area contributed by atoms with Gasteiger partial charge in [0.25, 0.3) is 0 Å². The maximum atomic E-state index is 10.7. The molecule has 0 radical (unpaired) electrons. The molecular weight excluding hydrogens is 242 g/mol. The molecule has 0 aliphatic carbocycles. The summed E-state index contributed by atoms with van der Waals surface area (Å²) in [6.07, 6.45) is -0.0313. The van der Waals surface area contributed by atoms with Gasteiger partial charge in [-0.3, -0.25) is 4.79 Å². The molecule has 0 unspecified atom stereocenters. The van der Waals surface area contributed by atoms with E-state index >= 15 is 0 Å². The van der Waals surface area contributed by atoms with Crippen LogP contribution in [-0.4, -0.2) is 18.2 Å². The van der Waals surface area contributed by atoms with Gasteiger partial charge in [0.2, 0.25) is 0 Å². The first-order valence-electron chi connectivity index (χ1n) is 5.85. The predicted molar refractivity (Wildman–Crippen MR) is 74.2 cm³/mol. The zero-order chi connectivity index (χ0) is 13.8. The van der Waals surface area contributed by atoms with E-state index in [4.69, 9.17) is 15.6 Å². The van der Waals surface area contributed by atoms with Crippen LogP contribution in [0.5, 0.6) is 5.75 Å². The lowest BCUT2D eigenvalue weighted by Gasteiger charge is -2.11. The molecule has 2 aromatic carbocycles. The molecule has 19 heavy (non-hydrogen) atoms. The van der Waals surface area contributed by atoms with Gasteiger partial charge in [0.05, 0.1) is 13.5 Å². The number of hydrogen-bond acceptors (Lipinski definition) is 3. The molecule has 2 aromatic rings. The van der Waals surface area contributed by atoms with Gasteiger partial charge in [0.15, 0.2) is 0 Å². The summed E-state index contributed by atoms with van der Waals surface area (Å²) in [5, 5.41) is 8.77. The predicted octanol–water partition coefficient (Wildman–Crippen LogP) is 2.57. The average Bonchev–Trinajstić information content (AvgIpc) is 2.38. The number of hydrogen-bond donors (Lipinski definition) is 2. The molecule has 0 spiro atoms. The van der Waals surface area contributed by atoms with Crippen LogP contribution in [0.1, 0.15) is 5.56 Å². The minimum atomic E-state index is -0.871. The van der Waals surface area contributed by atoms with Crippen LogP contribution in [0.15, 0.2) is 42.5 Å². The van der Waals surface area contributed by atoms with Crippen LogP contribution in [0, 0.1) is 0 Å². The van der Waals surface area contributed by atoms with Crippen molar-refractivity contribution in [2.24, 2.45) is 0 Å². The first kappa shape index (κ1) is 13.0. The monoisotopic (exact) mass is 257 g/mol. The molecule has 0 fully saturated rings. The number of carboxylic acid groups (broad SMARTS) is 1. The molecule has 3 N–H and O–H groups in total. The lowest BCUT2D eigenvalue weighted by Crippen LogP contribution is -2.01. The molecular formula is C15H15NO3. The summed E-state index contributed by atoms with van der Waals surface area (Å²) in [6, 6.07) is 12.9. The van der Waals surface area contributed by atoms with Gasteiger partial charge < -0.3 is 15.6 Å². The Bertz CT molecular complexity index is 608. The standard InChI is InChI=1S/C15H15NO3/c1-19-14-5-3-2-4-12(14)11-7-6-10(8-13(11)16)9-15(17)18/h2-8H,9,16H2,1H3,(H,17,18). The van der Waals surface area contributed by atoms with Crippen LogP contribution >= 0.6 is 0 Å². The third kappa shape index (κ3) is 2.85. The fraction of sp³-hybridized carbons (Fsp3) is 0.133. The van der Waals surface area contributed by atoms with Crippen LogP contribution in [0.25, 0.3) is 11.1 Å². The van der Waals surface area contributed by atoms with Crippen molar-refractivity contribution >= 4 is 11.7 Å². The highest BCUT2D eigenvalue weighted by Crippen LogP contribution is 2.33. The van der Waals surface area contributed by atoms with Crippen molar-refractivity contribution in [3.8, 4) is 16.9 Å². The van der Waals surface area contributed by atoms with Crippen molar-refractivity contribution in [3.63, 3.8) is 0 Å². The van der Waals surface area contributed by atoms with Gasteiger partial charge in [0.1, 0.15) is 5.75 Å². The Morgan fingerprint density at radius 2 is 1.95 bits per heavy atom. The molecule has 0 amide bonds. The average molecular weight is 257 g/mol. The van der Waals surface area contributed by atoms with E-state index in [1.807, 2.05) is 30.3 Å². The summed E-state index contributed by atoms with van der Waals surface area (Å²) < 4.78 is 5.30. The Morgan fingerprint density at radius 1 is 1.21 bits per heavy atom. The highest BCUT2D eigenvalue weighted by Gasteiger charge is 2.09. The summed E-state index contributed by atoms with van der Waals surface area (Å²) >= 11 is 0. The minimum Gasteiger partial charge on any atom is -0.496 e. The van der Waals surface area contributed by atoms with Crippen LogP contribution in [0.2, 0.25) is 0 Å². The Morgan fingerprint density at radius 3 is 2.58 bits per heavy atom. The van der Waals surface area contributed by atoms with Crippen molar-refractivity contribution in [3.05, 3.63) is 48.0 Å². The number of ether oxygens (including phenoxy) is 1. The lowest BCUT2D eigenvalue weighted by molar-refractivity contribution is -0.136. The van der Waals surface area contributed by atoms with Crippen LogP contribution in [0.4, 0.5) is 5.69 Å². The number of nitrogens with two attached hydrogens (primary N) is 1. The van der Waals surface area contributed by atoms with Gasteiger partial charge in [-0.25, -0.2) is 0 Å². The number of methoxy groups -OCH3 is 1. The second-order valence-corrected chi connectivity index (χ2v) is 4.19. The van der Waals surface area contributed by atoms with Gasteiger partial charge in [0, 0.05) is 16.8 Å². The van der Waals surface area contributed by atoms with E-state index in [9.17, 15) is 4.79 Å². The molecule has 0 bridgehead atoms. The molecule has 2 rings (SSSR count). The number of anilines is 1. The first-order chi connectivity index (χ1) is 9.11. The van der Waals surface area contributed by atoms with Crippen molar-refractivity contribution < 1.29 is 14.6 Å². The van der Waals surface area contributed by atoms with Crippen molar-refractivity contribution in [1.82, 2.24) is 0 Å². The van der Waals surface area contributed by atoms with Crippen LogP contribution in [0.3, 0.4) is 0 Å². The topological polar surface area (TPSA) is 72.5 Å². The van der Waals surface area contributed by atoms with Gasteiger partial charge in [-0.1, -0.05) is 30.3 Å². The van der Waals surface area contributed by atoms with E-state index < -0.39 is 5.97 Å². The number of nitrogen functional groups attached to an aromatic ring is 1. The number of aliphatic carboxylic acids is 1. The van der Waals surface area contributed by atoms with E-state index in [2.05, 4.69) is 0 Å². The van der Waals surface area contributed by atoms with E-state index in [1.54, 1.807) is 19.2 Å².